The second kappa shape index (κ2) is 7.19. The smallest absolute Gasteiger partial charge is 0.234 e. The molecule has 0 spiro atoms. The van der Waals surface area contributed by atoms with E-state index in [0.29, 0.717) is 13.1 Å². The number of nitrogens with zero attached hydrogens (tertiary/aromatic N) is 1. The number of amides is 1. The van der Waals surface area contributed by atoms with Gasteiger partial charge in [0.25, 0.3) is 0 Å². The predicted molar refractivity (Wildman–Crippen MR) is 85.3 cm³/mol. The van der Waals surface area contributed by atoms with Crippen LogP contribution in [0.4, 0.5) is 0 Å². The molecule has 1 aromatic carbocycles. The zero-order valence-electron chi connectivity index (χ0n) is 13.5. The number of benzene rings is 1. The van der Waals surface area contributed by atoms with Crippen molar-refractivity contribution >= 4 is 5.91 Å². The predicted octanol–water partition coefficient (Wildman–Crippen LogP) is 1.27. The molecule has 1 aromatic rings. The Kier molecular flexibility index (Phi) is 5.03. The highest BCUT2D eigenvalue weighted by Gasteiger charge is 2.27. The molecule has 0 aromatic heterocycles. The Morgan fingerprint density at radius 3 is 3.04 bits per heavy atom. The lowest BCUT2D eigenvalue weighted by atomic mass is 9.98. The third-order valence-electron chi connectivity index (χ3n) is 4.49. The molecule has 6 heteroatoms. The average Bonchev–Trinajstić information content (AvgIpc) is 3.01. The number of piperidine rings is 1. The van der Waals surface area contributed by atoms with E-state index in [4.69, 9.17) is 9.47 Å². The van der Waals surface area contributed by atoms with E-state index in [1.807, 2.05) is 18.2 Å². The van der Waals surface area contributed by atoms with Gasteiger partial charge in [0.1, 0.15) is 0 Å². The molecule has 2 aliphatic rings. The van der Waals surface area contributed by atoms with E-state index >= 15 is 0 Å². The Bertz CT molecular complexity index is 562. The van der Waals surface area contributed by atoms with E-state index < -0.39 is 6.10 Å². The van der Waals surface area contributed by atoms with Gasteiger partial charge in [0.05, 0.1) is 12.6 Å². The summed E-state index contributed by atoms with van der Waals surface area (Å²) >= 11 is 0. The molecule has 1 saturated heterocycles. The zero-order valence-corrected chi connectivity index (χ0v) is 13.5. The van der Waals surface area contributed by atoms with Crippen LogP contribution in [-0.2, 0) is 11.3 Å². The minimum Gasteiger partial charge on any atom is -0.454 e. The van der Waals surface area contributed by atoms with Crippen molar-refractivity contribution in [3.63, 3.8) is 0 Å². The molecule has 126 valence electrons. The van der Waals surface area contributed by atoms with Gasteiger partial charge < -0.3 is 19.9 Å². The van der Waals surface area contributed by atoms with Crippen LogP contribution in [0.3, 0.4) is 0 Å². The highest BCUT2D eigenvalue weighted by molar-refractivity contribution is 5.78. The maximum atomic E-state index is 12.2. The summed E-state index contributed by atoms with van der Waals surface area (Å²) in [4.78, 5) is 14.3. The minimum atomic E-state index is -0.406. The molecule has 2 heterocycles. The Balaban J connectivity index is 1.51. The number of aliphatic hydroxyl groups is 1. The first kappa shape index (κ1) is 16.1. The zero-order chi connectivity index (χ0) is 16.2. The largest absolute Gasteiger partial charge is 0.454 e. The minimum absolute atomic E-state index is 0.0183. The van der Waals surface area contributed by atoms with E-state index in [-0.39, 0.29) is 18.7 Å². The number of rotatable bonds is 5. The number of hydrogen-bond donors (Lipinski definition) is 2. The molecule has 0 unspecified atom stereocenters. The molecule has 3 rings (SSSR count). The summed E-state index contributed by atoms with van der Waals surface area (Å²) in [5, 5.41) is 12.8. The van der Waals surface area contributed by atoms with Gasteiger partial charge in [0.2, 0.25) is 12.7 Å². The van der Waals surface area contributed by atoms with Crippen molar-refractivity contribution in [2.75, 3.05) is 19.9 Å². The molecule has 23 heavy (non-hydrogen) atoms. The maximum absolute atomic E-state index is 12.2. The second-order valence-corrected chi connectivity index (χ2v) is 6.24. The van der Waals surface area contributed by atoms with Crippen LogP contribution in [0, 0.1) is 0 Å². The number of likely N-dealkylation sites (tertiary alicyclic amines) is 1. The first-order valence-corrected chi connectivity index (χ1v) is 8.21. The molecule has 0 bridgehead atoms. The Morgan fingerprint density at radius 1 is 1.39 bits per heavy atom. The third kappa shape index (κ3) is 3.95. The molecule has 2 N–H and O–H groups in total. The molecule has 0 radical (unpaired) electrons. The molecule has 2 atom stereocenters. The van der Waals surface area contributed by atoms with Crippen LogP contribution >= 0.6 is 0 Å². The van der Waals surface area contributed by atoms with Gasteiger partial charge in [-0.05, 0) is 44.0 Å². The van der Waals surface area contributed by atoms with Gasteiger partial charge >= 0.3 is 0 Å². The van der Waals surface area contributed by atoms with Gasteiger partial charge in [-0.3, -0.25) is 9.69 Å². The van der Waals surface area contributed by atoms with Crippen LogP contribution < -0.4 is 14.8 Å². The van der Waals surface area contributed by atoms with Crippen LogP contribution in [0.2, 0.25) is 0 Å². The average molecular weight is 320 g/mol. The van der Waals surface area contributed by atoms with Crippen LogP contribution in [-0.4, -0.2) is 47.9 Å². The summed E-state index contributed by atoms with van der Waals surface area (Å²) < 4.78 is 10.6. The summed E-state index contributed by atoms with van der Waals surface area (Å²) in [5.74, 6) is 1.45. The Labute approximate surface area is 136 Å². The highest BCUT2D eigenvalue weighted by Crippen LogP contribution is 2.32. The molecular weight excluding hydrogens is 296 g/mol. The van der Waals surface area contributed by atoms with Crippen molar-refractivity contribution in [3.05, 3.63) is 23.8 Å². The van der Waals surface area contributed by atoms with Gasteiger partial charge in [0.15, 0.2) is 11.5 Å². The van der Waals surface area contributed by atoms with Gasteiger partial charge in [0, 0.05) is 12.6 Å². The summed E-state index contributed by atoms with van der Waals surface area (Å²) in [6, 6.07) is 5.76. The standard InChI is InChI=1S/C17H24N2O4/c1-12(20)14-4-2-3-7-19(14)10-17(21)18-9-13-5-6-15-16(8-13)23-11-22-15/h5-6,8,12,14,20H,2-4,7,9-11H2,1H3,(H,18,21)/t12-,14+/m1/s1. The maximum Gasteiger partial charge on any atom is 0.234 e. The number of ether oxygens (including phenoxy) is 2. The summed E-state index contributed by atoms with van der Waals surface area (Å²) in [6.07, 6.45) is 2.74. The van der Waals surface area contributed by atoms with E-state index in [9.17, 15) is 9.90 Å². The molecule has 1 amide bonds. The highest BCUT2D eigenvalue weighted by atomic mass is 16.7. The fraction of sp³-hybridized carbons (Fsp3) is 0.588. The van der Waals surface area contributed by atoms with E-state index in [0.717, 1.165) is 42.9 Å². The van der Waals surface area contributed by atoms with Crippen molar-refractivity contribution in [3.8, 4) is 11.5 Å². The topological polar surface area (TPSA) is 71.0 Å². The van der Waals surface area contributed by atoms with E-state index in [1.165, 1.54) is 0 Å². The molecule has 2 aliphatic heterocycles. The van der Waals surface area contributed by atoms with Crippen LogP contribution in [0.15, 0.2) is 18.2 Å². The number of carbonyl (C=O) groups excluding carboxylic acids is 1. The van der Waals surface area contributed by atoms with Crippen LogP contribution in [0.25, 0.3) is 0 Å². The Morgan fingerprint density at radius 2 is 2.22 bits per heavy atom. The monoisotopic (exact) mass is 320 g/mol. The molecule has 0 saturated carbocycles. The summed E-state index contributed by atoms with van der Waals surface area (Å²) in [7, 11) is 0. The first-order valence-electron chi connectivity index (χ1n) is 8.21. The third-order valence-corrected chi connectivity index (χ3v) is 4.49. The summed E-state index contributed by atoms with van der Waals surface area (Å²) in [5.41, 5.74) is 0.980. The number of fused-ring (bicyclic) bond motifs is 1. The fourth-order valence-corrected chi connectivity index (χ4v) is 3.25. The second-order valence-electron chi connectivity index (χ2n) is 6.24. The van der Waals surface area contributed by atoms with Crippen LogP contribution in [0.5, 0.6) is 11.5 Å². The van der Waals surface area contributed by atoms with Gasteiger partial charge in [-0.25, -0.2) is 0 Å². The number of aliphatic hydroxyl groups excluding tert-OH is 1. The SMILES string of the molecule is C[C@@H](O)[C@@H]1CCCCN1CC(=O)NCc1ccc2c(c1)OCO2. The lowest BCUT2D eigenvalue weighted by Crippen LogP contribution is -2.49. The Hall–Kier alpha value is -1.79. The van der Waals surface area contributed by atoms with Gasteiger partial charge in [-0.2, -0.15) is 0 Å². The molecule has 1 fully saturated rings. The molecule has 6 nitrogen and oxygen atoms in total. The number of hydrogen-bond acceptors (Lipinski definition) is 5. The van der Waals surface area contributed by atoms with Crippen LogP contribution in [0.1, 0.15) is 31.7 Å². The van der Waals surface area contributed by atoms with Gasteiger partial charge in [-0.15, -0.1) is 0 Å². The van der Waals surface area contributed by atoms with Crippen molar-refractivity contribution in [2.45, 2.75) is 44.9 Å². The van der Waals surface area contributed by atoms with Crippen molar-refractivity contribution < 1.29 is 19.4 Å². The van der Waals surface area contributed by atoms with Crippen molar-refractivity contribution in [1.29, 1.82) is 0 Å². The van der Waals surface area contributed by atoms with Crippen molar-refractivity contribution in [2.24, 2.45) is 0 Å². The lowest BCUT2D eigenvalue weighted by molar-refractivity contribution is -0.124. The first-order chi connectivity index (χ1) is 11.1. The number of carbonyl (C=O) groups is 1. The van der Waals surface area contributed by atoms with Gasteiger partial charge in [-0.1, -0.05) is 12.5 Å². The van der Waals surface area contributed by atoms with E-state index in [2.05, 4.69) is 10.2 Å². The molecule has 0 aliphatic carbocycles. The number of nitrogens with one attached hydrogen (secondary N) is 1. The molecular formula is C17H24N2O4. The van der Waals surface area contributed by atoms with Crippen molar-refractivity contribution in [1.82, 2.24) is 10.2 Å². The normalized spacial score (nSPS) is 21.9. The fourth-order valence-electron chi connectivity index (χ4n) is 3.25. The van der Waals surface area contributed by atoms with E-state index in [1.54, 1.807) is 6.92 Å². The summed E-state index contributed by atoms with van der Waals surface area (Å²) in [6.45, 7) is 3.71. The lowest BCUT2D eigenvalue weighted by Gasteiger charge is -2.36. The quantitative estimate of drug-likeness (QED) is 0.855.